The standard InChI is InChI=1S/C18H22N2OS/c1-13-6-7-15-11-14(2)18(19-16(15)10-13)22-12-17(21)20-8-4-3-5-9-20/h6-7,10-11H,3-5,8-9,12H2,1-2H3. The number of rotatable bonds is 3. The summed E-state index contributed by atoms with van der Waals surface area (Å²) < 4.78 is 0. The predicted molar refractivity (Wildman–Crippen MR) is 92.4 cm³/mol. The predicted octanol–water partition coefficient (Wildman–Crippen LogP) is 3.96. The Balaban J connectivity index is 1.72. The SMILES string of the molecule is Cc1ccc2cc(C)c(SCC(=O)N3CCCCC3)nc2c1. The average molecular weight is 314 g/mol. The van der Waals surface area contributed by atoms with E-state index < -0.39 is 0 Å². The molecule has 0 spiro atoms. The second kappa shape index (κ2) is 6.69. The smallest absolute Gasteiger partial charge is 0.232 e. The molecule has 2 aromatic rings. The summed E-state index contributed by atoms with van der Waals surface area (Å²) in [5.41, 5.74) is 3.37. The number of pyridine rings is 1. The van der Waals surface area contributed by atoms with E-state index in [-0.39, 0.29) is 5.91 Å². The normalized spacial score (nSPS) is 15.3. The molecule has 3 nitrogen and oxygen atoms in total. The number of piperidine rings is 1. The Morgan fingerprint density at radius 3 is 2.73 bits per heavy atom. The minimum absolute atomic E-state index is 0.246. The lowest BCUT2D eigenvalue weighted by Crippen LogP contribution is -2.36. The number of benzene rings is 1. The number of likely N-dealkylation sites (tertiary alicyclic amines) is 1. The number of thioether (sulfide) groups is 1. The van der Waals surface area contributed by atoms with Crippen LogP contribution in [0.1, 0.15) is 30.4 Å². The molecular weight excluding hydrogens is 292 g/mol. The van der Waals surface area contributed by atoms with E-state index >= 15 is 0 Å². The van der Waals surface area contributed by atoms with Crippen molar-refractivity contribution in [2.24, 2.45) is 0 Å². The Morgan fingerprint density at radius 2 is 1.95 bits per heavy atom. The molecule has 3 rings (SSSR count). The van der Waals surface area contributed by atoms with Gasteiger partial charge in [0.2, 0.25) is 5.91 Å². The van der Waals surface area contributed by atoms with E-state index in [9.17, 15) is 4.79 Å². The van der Waals surface area contributed by atoms with Crippen LogP contribution in [0.15, 0.2) is 29.3 Å². The van der Waals surface area contributed by atoms with E-state index in [0.29, 0.717) is 5.75 Å². The van der Waals surface area contributed by atoms with Gasteiger partial charge in [-0.2, -0.15) is 0 Å². The summed E-state index contributed by atoms with van der Waals surface area (Å²) in [7, 11) is 0. The van der Waals surface area contributed by atoms with Crippen LogP contribution in [0.2, 0.25) is 0 Å². The largest absolute Gasteiger partial charge is 0.342 e. The molecule has 0 N–H and O–H groups in total. The lowest BCUT2D eigenvalue weighted by Gasteiger charge is -2.26. The summed E-state index contributed by atoms with van der Waals surface area (Å²) in [6, 6.07) is 8.48. The third-order valence-electron chi connectivity index (χ3n) is 4.16. The summed E-state index contributed by atoms with van der Waals surface area (Å²) >= 11 is 1.57. The van der Waals surface area contributed by atoms with Crippen LogP contribution >= 0.6 is 11.8 Å². The number of carbonyl (C=O) groups excluding carboxylic acids is 1. The number of fused-ring (bicyclic) bond motifs is 1. The highest BCUT2D eigenvalue weighted by molar-refractivity contribution is 7.99. The molecule has 0 aliphatic carbocycles. The van der Waals surface area contributed by atoms with Crippen molar-refractivity contribution in [2.45, 2.75) is 38.1 Å². The fraction of sp³-hybridized carbons (Fsp3) is 0.444. The molecule has 0 radical (unpaired) electrons. The van der Waals surface area contributed by atoms with Gasteiger partial charge in [0.05, 0.1) is 11.3 Å². The molecule has 0 saturated carbocycles. The van der Waals surface area contributed by atoms with Crippen LogP contribution in [-0.4, -0.2) is 34.6 Å². The monoisotopic (exact) mass is 314 g/mol. The third-order valence-corrected chi connectivity index (χ3v) is 5.24. The second-order valence-electron chi connectivity index (χ2n) is 6.04. The topological polar surface area (TPSA) is 33.2 Å². The van der Waals surface area contributed by atoms with Gasteiger partial charge in [0.1, 0.15) is 5.03 Å². The van der Waals surface area contributed by atoms with E-state index in [1.165, 1.54) is 12.0 Å². The van der Waals surface area contributed by atoms with Gasteiger partial charge in [-0.05, 0) is 56.4 Å². The van der Waals surface area contributed by atoms with Gasteiger partial charge in [-0.25, -0.2) is 4.98 Å². The highest BCUT2D eigenvalue weighted by Crippen LogP contribution is 2.25. The zero-order chi connectivity index (χ0) is 15.5. The molecule has 22 heavy (non-hydrogen) atoms. The quantitative estimate of drug-likeness (QED) is 0.804. The number of hydrogen-bond donors (Lipinski definition) is 0. The Hall–Kier alpha value is -1.55. The third kappa shape index (κ3) is 3.43. The lowest BCUT2D eigenvalue weighted by atomic mass is 10.1. The van der Waals surface area contributed by atoms with Crippen LogP contribution < -0.4 is 0 Å². The number of aromatic nitrogens is 1. The Morgan fingerprint density at radius 1 is 1.18 bits per heavy atom. The van der Waals surface area contributed by atoms with E-state index in [2.05, 4.69) is 38.1 Å². The van der Waals surface area contributed by atoms with Crippen molar-refractivity contribution < 1.29 is 4.79 Å². The zero-order valence-electron chi connectivity index (χ0n) is 13.3. The number of nitrogens with zero attached hydrogens (tertiary/aromatic N) is 2. The van der Waals surface area contributed by atoms with Crippen LogP contribution in [0, 0.1) is 13.8 Å². The zero-order valence-corrected chi connectivity index (χ0v) is 14.1. The van der Waals surface area contributed by atoms with E-state index in [1.54, 1.807) is 11.8 Å². The van der Waals surface area contributed by atoms with Crippen molar-refractivity contribution >= 4 is 28.6 Å². The first-order valence-electron chi connectivity index (χ1n) is 7.92. The van der Waals surface area contributed by atoms with Gasteiger partial charge in [-0.1, -0.05) is 23.9 Å². The first-order valence-corrected chi connectivity index (χ1v) is 8.90. The van der Waals surface area contributed by atoms with E-state index in [0.717, 1.165) is 47.4 Å². The van der Waals surface area contributed by atoms with E-state index in [4.69, 9.17) is 4.98 Å². The van der Waals surface area contributed by atoms with Crippen LogP contribution in [0.5, 0.6) is 0 Å². The summed E-state index contributed by atoms with van der Waals surface area (Å²) in [6.07, 6.45) is 3.54. The Bertz CT molecular complexity index is 693. The molecule has 0 atom stereocenters. The fourth-order valence-corrected chi connectivity index (χ4v) is 3.77. The Labute approximate surface area is 136 Å². The second-order valence-corrected chi connectivity index (χ2v) is 7.00. The number of carbonyl (C=O) groups is 1. The first-order chi connectivity index (χ1) is 10.6. The number of hydrogen-bond acceptors (Lipinski definition) is 3. The molecule has 1 saturated heterocycles. The van der Waals surface area contributed by atoms with Crippen molar-refractivity contribution in [1.29, 1.82) is 0 Å². The van der Waals surface area contributed by atoms with Crippen LogP contribution in [0.4, 0.5) is 0 Å². The molecule has 1 aliphatic rings. The summed E-state index contributed by atoms with van der Waals surface area (Å²) in [6.45, 7) is 5.99. The van der Waals surface area contributed by atoms with Crippen LogP contribution in [-0.2, 0) is 4.79 Å². The molecule has 2 heterocycles. The summed E-state index contributed by atoms with van der Waals surface area (Å²) in [5.74, 6) is 0.737. The van der Waals surface area contributed by atoms with Gasteiger partial charge in [-0.15, -0.1) is 0 Å². The Kier molecular flexibility index (Phi) is 4.67. The minimum Gasteiger partial charge on any atom is -0.342 e. The summed E-state index contributed by atoms with van der Waals surface area (Å²) in [4.78, 5) is 19.0. The maximum Gasteiger partial charge on any atom is 0.232 e. The molecule has 1 fully saturated rings. The number of aryl methyl sites for hydroxylation is 2. The molecule has 0 bridgehead atoms. The molecular formula is C18H22N2OS. The highest BCUT2D eigenvalue weighted by atomic mass is 32.2. The molecule has 116 valence electrons. The first kappa shape index (κ1) is 15.3. The molecule has 1 aromatic carbocycles. The molecule has 0 unspecified atom stereocenters. The van der Waals surface area contributed by atoms with Crippen molar-refractivity contribution in [2.75, 3.05) is 18.8 Å². The molecule has 1 amide bonds. The van der Waals surface area contributed by atoms with Gasteiger partial charge in [-0.3, -0.25) is 4.79 Å². The average Bonchev–Trinajstić information content (AvgIpc) is 2.54. The summed E-state index contributed by atoms with van der Waals surface area (Å²) in [5, 5.41) is 2.14. The lowest BCUT2D eigenvalue weighted by molar-refractivity contribution is -0.129. The van der Waals surface area contributed by atoms with Gasteiger partial charge in [0.15, 0.2) is 0 Å². The fourth-order valence-electron chi connectivity index (χ4n) is 2.88. The molecule has 1 aliphatic heterocycles. The minimum atomic E-state index is 0.246. The molecule has 1 aromatic heterocycles. The van der Waals surface area contributed by atoms with Gasteiger partial charge in [0.25, 0.3) is 0 Å². The maximum absolute atomic E-state index is 12.3. The van der Waals surface area contributed by atoms with Gasteiger partial charge < -0.3 is 4.90 Å². The van der Waals surface area contributed by atoms with Crippen LogP contribution in [0.3, 0.4) is 0 Å². The van der Waals surface area contributed by atoms with Crippen molar-refractivity contribution in [3.63, 3.8) is 0 Å². The van der Waals surface area contributed by atoms with E-state index in [1.807, 2.05) is 4.90 Å². The van der Waals surface area contributed by atoms with Crippen molar-refractivity contribution in [1.82, 2.24) is 9.88 Å². The maximum atomic E-state index is 12.3. The number of amides is 1. The molecule has 4 heteroatoms. The highest BCUT2D eigenvalue weighted by Gasteiger charge is 2.17. The van der Waals surface area contributed by atoms with Crippen molar-refractivity contribution in [3.05, 3.63) is 35.4 Å². The van der Waals surface area contributed by atoms with Crippen LogP contribution in [0.25, 0.3) is 10.9 Å². The van der Waals surface area contributed by atoms with Gasteiger partial charge >= 0.3 is 0 Å². The van der Waals surface area contributed by atoms with Crippen molar-refractivity contribution in [3.8, 4) is 0 Å². The van der Waals surface area contributed by atoms with Gasteiger partial charge in [0, 0.05) is 18.5 Å².